The molecule has 1 N–H and O–H groups in total. The van der Waals surface area contributed by atoms with Gasteiger partial charge < -0.3 is 10.2 Å². The number of Topliss-reactive ketones (excluding diaryl/α,β-unsaturated/α-hetero) is 2. The van der Waals surface area contributed by atoms with E-state index in [4.69, 9.17) is 4.84 Å². The number of nitrogens with zero attached hydrogens (tertiary/aromatic N) is 1. The molecule has 1 unspecified atom stereocenters. The van der Waals surface area contributed by atoms with Crippen LogP contribution in [0.25, 0.3) is 0 Å². The summed E-state index contributed by atoms with van der Waals surface area (Å²) in [5.74, 6) is 0.443. The van der Waals surface area contributed by atoms with E-state index in [1.807, 2.05) is 0 Å². The zero-order chi connectivity index (χ0) is 18.8. The largest absolute Gasteiger partial charge is 0.390 e. The highest BCUT2D eigenvalue weighted by Gasteiger charge is 2.63. The van der Waals surface area contributed by atoms with Crippen LogP contribution in [0, 0.1) is 34.5 Å². The Bertz CT molecular complexity index is 700. The van der Waals surface area contributed by atoms with E-state index in [1.54, 1.807) is 0 Å². The summed E-state index contributed by atoms with van der Waals surface area (Å²) in [5, 5.41) is 7.54. The Balaban J connectivity index is 1.41. The molecule has 4 saturated carbocycles. The number of hydrogen-bond donors (Lipinski definition) is 1. The molecule has 0 amide bonds. The minimum absolute atomic E-state index is 0.0178. The van der Waals surface area contributed by atoms with Crippen molar-refractivity contribution in [2.24, 2.45) is 39.7 Å². The number of hydrogen-bond acceptors (Lipinski definition) is 5. The van der Waals surface area contributed by atoms with Crippen LogP contribution in [0.5, 0.6) is 0 Å². The van der Waals surface area contributed by atoms with Gasteiger partial charge in [0.05, 0.1) is 5.71 Å². The van der Waals surface area contributed by atoms with Crippen LogP contribution in [0.4, 0.5) is 0 Å². The maximum absolute atomic E-state index is 13.2. The van der Waals surface area contributed by atoms with E-state index in [0.29, 0.717) is 18.3 Å². The summed E-state index contributed by atoms with van der Waals surface area (Å²) in [7, 11) is 0. The monoisotopic (exact) mass is 372 g/mol. The molecule has 0 bridgehead atoms. The SMILES string of the molecule is C[C@@]12CCC[C@H]1[C@@H]1C(=O)C(=O)C3CC(=NOC4CNC4)CC[C@]3(C)[C@H]1CC2. The van der Waals surface area contributed by atoms with E-state index in [1.165, 1.54) is 19.3 Å². The molecule has 5 fully saturated rings. The third-order valence-corrected chi connectivity index (χ3v) is 9.02. The molecule has 5 nitrogen and oxygen atoms in total. The molecule has 0 radical (unpaired) electrons. The van der Waals surface area contributed by atoms with E-state index in [0.717, 1.165) is 44.5 Å². The normalized spacial score (nSPS) is 48.6. The second-order valence-electron chi connectivity index (χ2n) is 10.4. The van der Waals surface area contributed by atoms with Crippen LogP contribution >= 0.6 is 0 Å². The molecule has 0 aromatic rings. The van der Waals surface area contributed by atoms with Crippen LogP contribution in [0.2, 0.25) is 0 Å². The molecule has 5 heteroatoms. The number of nitrogens with one attached hydrogen (secondary N) is 1. The molecule has 5 rings (SSSR count). The van der Waals surface area contributed by atoms with Gasteiger partial charge in [0.1, 0.15) is 0 Å². The first-order valence-corrected chi connectivity index (χ1v) is 10.9. The fraction of sp³-hybridized carbons (Fsp3) is 0.864. The van der Waals surface area contributed by atoms with Crippen molar-refractivity contribution >= 4 is 17.3 Å². The van der Waals surface area contributed by atoms with Crippen molar-refractivity contribution in [3.63, 3.8) is 0 Å². The molecule has 27 heavy (non-hydrogen) atoms. The summed E-state index contributed by atoms with van der Waals surface area (Å²) in [6, 6.07) is 0. The standard InChI is InChI=1S/C22H32N2O3/c1-21-7-3-4-15(21)18-16(6-8-21)22(2)9-5-13(24-27-14-11-23-12-14)10-17(22)19(25)20(18)26/h14-18,23H,3-12H2,1-2H3/t15-,16-,17?,18-,21-,22+/m0/s1. The van der Waals surface area contributed by atoms with Crippen LogP contribution in [0.1, 0.15) is 65.2 Å². The molecular weight excluding hydrogens is 340 g/mol. The Labute approximate surface area is 161 Å². The highest BCUT2D eigenvalue weighted by atomic mass is 16.6. The summed E-state index contributed by atoms with van der Waals surface area (Å²) < 4.78 is 0. The second kappa shape index (κ2) is 6.13. The minimum Gasteiger partial charge on any atom is -0.390 e. The minimum atomic E-state index is -0.187. The van der Waals surface area contributed by atoms with Crippen molar-refractivity contribution in [2.75, 3.05) is 13.1 Å². The first-order valence-electron chi connectivity index (χ1n) is 10.9. The molecule has 0 spiro atoms. The Hall–Kier alpha value is -1.23. The van der Waals surface area contributed by atoms with Gasteiger partial charge in [-0.25, -0.2) is 0 Å². The third-order valence-electron chi connectivity index (χ3n) is 9.02. The molecule has 0 aromatic carbocycles. The maximum atomic E-state index is 13.2. The summed E-state index contributed by atoms with van der Waals surface area (Å²) in [5.41, 5.74) is 1.22. The van der Waals surface area contributed by atoms with Crippen molar-refractivity contribution in [1.29, 1.82) is 0 Å². The van der Waals surface area contributed by atoms with E-state index in [9.17, 15) is 9.59 Å². The Morgan fingerprint density at radius 2 is 1.85 bits per heavy atom. The number of fused-ring (bicyclic) bond motifs is 5. The number of oxime groups is 1. The van der Waals surface area contributed by atoms with E-state index >= 15 is 0 Å². The summed E-state index contributed by atoms with van der Waals surface area (Å²) in [4.78, 5) is 32.0. The molecule has 5 aliphatic rings. The molecule has 6 atom stereocenters. The van der Waals surface area contributed by atoms with Gasteiger partial charge in [-0.15, -0.1) is 0 Å². The quantitative estimate of drug-likeness (QED) is 0.597. The highest BCUT2D eigenvalue weighted by molar-refractivity contribution is 6.40. The number of rotatable bonds is 2. The summed E-state index contributed by atoms with van der Waals surface area (Å²) >= 11 is 0. The molecule has 148 valence electrons. The van der Waals surface area contributed by atoms with Gasteiger partial charge in [0.15, 0.2) is 6.10 Å². The Morgan fingerprint density at radius 3 is 2.59 bits per heavy atom. The molecule has 1 aliphatic heterocycles. The average Bonchev–Trinajstić information content (AvgIpc) is 3.00. The predicted molar refractivity (Wildman–Crippen MR) is 102 cm³/mol. The number of carbonyl (C=O) groups is 2. The lowest BCUT2D eigenvalue weighted by molar-refractivity contribution is -0.164. The van der Waals surface area contributed by atoms with E-state index in [-0.39, 0.29) is 40.3 Å². The fourth-order valence-corrected chi connectivity index (χ4v) is 7.13. The Kier molecular flexibility index (Phi) is 4.05. The van der Waals surface area contributed by atoms with E-state index < -0.39 is 0 Å². The summed E-state index contributed by atoms with van der Waals surface area (Å²) in [6.07, 6.45) is 8.56. The summed E-state index contributed by atoms with van der Waals surface area (Å²) in [6.45, 7) is 6.36. The molecule has 4 aliphatic carbocycles. The lowest BCUT2D eigenvalue weighted by atomic mass is 9.44. The van der Waals surface area contributed by atoms with E-state index in [2.05, 4.69) is 24.3 Å². The van der Waals surface area contributed by atoms with Crippen LogP contribution in [-0.4, -0.2) is 36.5 Å². The van der Waals surface area contributed by atoms with Crippen LogP contribution in [0.15, 0.2) is 5.16 Å². The van der Waals surface area contributed by atoms with Gasteiger partial charge in [-0.3, -0.25) is 9.59 Å². The lowest BCUT2D eigenvalue weighted by Gasteiger charge is -2.58. The van der Waals surface area contributed by atoms with Crippen molar-refractivity contribution in [3.05, 3.63) is 0 Å². The first-order chi connectivity index (χ1) is 12.9. The van der Waals surface area contributed by atoms with Crippen molar-refractivity contribution in [2.45, 2.75) is 71.3 Å². The lowest BCUT2D eigenvalue weighted by Crippen LogP contribution is -2.60. The molecule has 1 saturated heterocycles. The fourth-order valence-electron chi connectivity index (χ4n) is 7.13. The molecule has 0 aromatic heterocycles. The smallest absolute Gasteiger partial charge is 0.202 e. The van der Waals surface area contributed by atoms with Gasteiger partial charge in [-0.2, -0.15) is 0 Å². The highest BCUT2D eigenvalue weighted by Crippen LogP contribution is 2.64. The predicted octanol–water partition coefficient (Wildman–Crippen LogP) is 3.12. The van der Waals surface area contributed by atoms with Gasteiger partial charge in [-0.05, 0) is 67.6 Å². The van der Waals surface area contributed by atoms with Gasteiger partial charge >= 0.3 is 0 Å². The molecular formula is C22H32N2O3. The van der Waals surface area contributed by atoms with Gasteiger partial charge in [0, 0.05) is 24.9 Å². The van der Waals surface area contributed by atoms with Gasteiger partial charge in [-0.1, -0.05) is 25.4 Å². The third kappa shape index (κ3) is 2.56. The first kappa shape index (κ1) is 17.8. The number of carbonyl (C=O) groups excluding carboxylic acids is 2. The average molecular weight is 373 g/mol. The van der Waals surface area contributed by atoms with Gasteiger partial charge in [0.25, 0.3) is 0 Å². The van der Waals surface area contributed by atoms with Crippen LogP contribution < -0.4 is 5.32 Å². The van der Waals surface area contributed by atoms with Crippen molar-refractivity contribution in [1.82, 2.24) is 5.32 Å². The van der Waals surface area contributed by atoms with Crippen LogP contribution in [-0.2, 0) is 14.4 Å². The Morgan fingerprint density at radius 1 is 1.04 bits per heavy atom. The second-order valence-corrected chi connectivity index (χ2v) is 10.4. The zero-order valence-corrected chi connectivity index (χ0v) is 16.6. The maximum Gasteiger partial charge on any atom is 0.202 e. The zero-order valence-electron chi connectivity index (χ0n) is 16.6. The van der Waals surface area contributed by atoms with Crippen molar-refractivity contribution < 1.29 is 14.4 Å². The topological polar surface area (TPSA) is 67.8 Å². The number of ketones is 2. The van der Waals surface area contributed by atoms with Crippen molar-refractivity contribution in [3.8, 4) is 0 Å². The molecule has 1 heterocycles. The van der Waals surface area contributed by atoms with Crippen LogP contribution in [0.3, 0.4) is 0 Å². The van der Waals surface area contributed by atoms with Gasteiger partial charge in [0.2, 0.25) is 11.6 Å².